The maximum Gasteiger partial charge on any atom is 0.123 e. The van der Waals surface area contributed by atoms with Gasteiger partial charge in [-0.3, -0.25) is 0 Å². The Kier molecular flexibility index (Phi) is 4.68. The fraction of sp³-hybridized carbons (Fsp3) is 0.471. The predicted octanol–water partition coefficient (Wildman–Crippen LogP) is 3.51. The predicted molar refractivity (Wildman–Crippen MR) is 87.4 cm³/mol. The van der Waals surface area contributed by atoms with Gasteiger partial charge in [-0.05, 0) is 19.8 Å². The minimum absolute atomic E-state index is 0.200. The number of hydrogen-bond donors (Lipinski definition) is 2. The molecule has 2 N–H and O–H groups in total. The summed E-state index contributed by atoms with van der Waals surface area (Å²) in [5.41, 5.74) is 3.51. The summed E-state index contributed by atoms with van der Waals surface area (Å²) < 4.78 is 0. The van der Waals surface area contributed by atoms with Gasteiger partial charge in [-0.2, -0.15) is 0 Å². The van der Waals surface area contributed by atoms with Crippen molar-refractivity contribution in [3.63, 3.8) is 0 Å². The van der Waals surface area contributed by atoms with Crippen molar-refractivity contribution < 1.29 is 5.11 Å². The van der Waals surface area contributed by atoms with Crippen LogP contribution in [-0.2, 0) is 6.54 Å². The molecule has 0 bridgehead atoms. The van der Waals surface area contributed by atoms with Gasteiger partial charge in [0.15, 0.2) is 0 Å². The van der Waals surface area contributed by atoms with Crippen LogP contribution in [0.2, 0.25) is 0 Å². The standard InChI is InChI=1S/C17H22N2OS/c1-12-6-8-13(9-7-12)17-19-14(11-21-17)10-18-15-4-2-3-5-16(15)20/h6-9,11,15-16,18,20H,2-5,10H2,1H3. The lowest BCUT2D eigenvalue weighted by Gasteiger charge is -2.28. The quantitative estimate of drug-likeness (QED) is 0.908. The molecular formula is C17H22N2OS. The number of aryl methyl sites for hydroxylation is 1. The van der Waals surface area contributed by atoms with E-state index < -0.39 is 0 Å². The van der Waals surface area contributed by atoms with E-state index in [2.05, 4.69) is 41.9 Å². The Balaban J connectivity index is 1.61. The summed E-state index contributed by atoms with van der Waals surface area (Å²) in [6.45, 7) is 2.83. The van der Waals surface area contributed by atoms with E-state index in [-0.39, 0.29) is 12.1 Å². The molecule has 4 heteroatoms. The molecule has 0 aliphatic heterocycles. The molecule has 3 rings (SSSR count). The third-order valence-electron chi connectivity index (χ3n) is 4.13. The van der Waals surface area contributed by atoms with Crippen molar-refractivity contribution in [2.45, 2.75) is 51.3 Å². The second-order valence-corrected chi connectivity index (χ2v) is 6.71. The molecule has 0 spiro atoms. The zero-order chi connectivity index (χ0) is 14.7. The van der Waals surface area contributed by atoms with Crippen LogP contribution < -0.4 is 5.32 Å². The average molecular weight is 302 g/mol. The molecule has 21 heavy (non-hydrogen) atoms. The van der Waals surface area contributed by atoms with Gasteiger partial charge in [0.25, 0.3) is 0 Å². The molecule has 1 saturated carbocycles. The van der Waals surface area contributed by atoms with Gasteiger partial charge in [0, 0.05) is 23.5 Å². The average Bonchev–Trinajstić information content (AvgIpc) is 2.96. The van der Waals surface area contributed by atoms with Crippen molar-refractivity contribution in [1.29, 1.82) is 0 Å². The largest absolute Gasteiger partial charge is 0.392 e. The number of nitrogens with zero attached hydrogens (tertiary/aromatic N) is 1. The first-order chi connectivity index (χ1) is 10.2. The van der Waals surface area contributed by atoms with Crippen LogP contribution in [0.3, 0.4) is 0 Å². The summed E-state index contributed by atoms with van der Waals surface area (Å²) in [6, 6.07) is 8.70. The molecule has 1 aromatic carbocycles. The van der Waals surface area contributed by atoms with Gasteiger partial charge in [-0.1, -0.05) is 42.7 Å². The number of nitrogens with one attached hydrogen (secondary N) is 1. The van der Waals surface area contributed by atoms with E-state index >= 15 is 0 Å². The van der Waals surface area contributed by atoms with Gasteiger partial charge in [-0.15, -0.1) is 11.3 Å². The van der Waals surface area contributed by atoms with Crippen molar-refractivity contribution in [3.05, 3.63) is 40.9 Å². The molecule has 1 heterocycles. The molecule has 1 fully saturated rings. The number of rotatable bonds is 4. The molecule has 1 aliphatic carbocycles. The van der Waals surface area contributed by atoms with Gasteiger partial charge in [0.1, 0.15) is 5.01 Å². The second-order valence-electron chi connectivity index (χ2n) is 5.85. The third kappa shape index (κ3) is 3.70. The molecule has 112 valence electrons. The molecule has 0 saturated heterocycles. The number of benzene rings is 1. The van der Waals surface area contributed by atoms with E-state index in [1.807, 2.05) is 0 Å². The van der Waals surface area contributed by atoms with Gasteiger partial charge >= 0.3 is 0 Å². The van der Waals surface area contributed by atoms with Gasteiger partial charge in [0.05, 0.1) is 11.8 Å². The van der Waals surface area contributed by atoms with E-state index in [9.17, 15) is 5.11 Å². The lowest BCUT2D eigenvalue weighted by Crippen LogP contribution is -2.41. The minimum Gasteiger partial charge on any atom is -0.392 e. The summed E-state index contributed by atoms with van der Waals surface area (Å²) in [7, 11) is 0. The summed E-state index contributed by atoms with van der Waals surface area (Å²) in [4.78, 5) is 4.69. The number of hydrogen-bond acceptors (Lipinski definition) is 4. The Morgan fingerprint density at radius 2 is 2.00 bits per heavy atom. The topological polar surface area (TPSA) is 45.2 Å². The van der Waals surface area contributed by atoms with Crippen LogP contribution in [0.5, 0.6) is 0 Å². The second kappa shape index (κ2) is 6.69. The Morgan fingerprint density at radius 1 is 1.24 bits per heavy atom. The molecule has 0 amide bonds. The molecule has 0 radical (unpaired) electrons. The van der Waals surface area contributed by atoms with E-state index in [4.69, 9.17) is 4.98 Å². The van der Waals surface area contributed by atoms with Crippen LogP contribution in [0.25, 0.3) is 10.6 Å². The van der Waals surface area contributed by atoms with Crippen LogP contribution in [0.4, 0.5) is 0 Å². The van der Waals surface area contributed by atoms with E-state index in [1.54, 1.807) is 11.3 Å². The Morgan fingerprint density at radius 3 is 2.76 bits per heavy atom. The summed E-state index contributed by atoms with van der Waals surface area (Å²) >= 11 is 1.68. The highest BCUT2D eigenvalue weighted by Gasteiger charge is 2.22. The monoisotopic (exact) mass is 302 g/mol. The van der Waals surface area contributed by atoms with E-state index in [1.165, 1.54) is 17.5 Å². The zero-order valence-corrected chi connectivity index (χ0v) is 13.2. The smallest absolute Gasteiger partial charge is 0.123 e. The zero-order valence-electron chi connectivity index (χ0n) is 12.4. The number of aliphatic hydroxyl groups is 1. The van der Waals surface area contributed by atoms with Crippen LogP contribution in [0, 0.1) is 6.92 Å². The fourth-order valence-electron chi connectivity index (χ4n) is 2.80. The van der Waals surface area contributed by atoms with Crippen LogP contribution in [-0.4, -0.2) is 22.2 Å². The van der Waals surface area contributed by atoms with Crippen LogP contribution in [0.15, 0.2) is 29.6 Å². The van der Waals surface area contributed by atoms with Crippen molar-refractivity contribution in [2.75, 3.05) is 0 Å². The van der Waals surface area contributed by atoms with Gasteiger partial charge in [0.2, 0.25) is 0 Å². The summed E-state index contributed by atoms with van der Waals surface area (Å²) in [5, 5.41) is 16.6. The Labute approximate surface area is 130 Å². The lowest BCUT2D eigenvalue weighted by atomic mass is 9.92. The highest BCUT2D eigenvalue weighted by atomic mass is 32.1. The molecule has 2 atom stereocenters. The van der Waals surface area contributed by atoms with E-state index in [0.29, 0.717) is 0 Å². The van der Waals surface area contributed by atoms with Crippen LogP contribution in [0.1, 0.15) is 36.9 Å². The molecule has 1 aromatic heterocycles. The minimum atomic E-state index is -0.200. The lowest BCUT2D eigenvalue weighted by molar-refractivity contribution is 0.0901. The van der Waals surface area contributed by atoms with Crippen LogP contribution >= 0.6 is 11.3 Å². The highest BCUT2D eigenvalue weighted by Crippen LogP contribution is 2.24. The summed E-state index contributed by atoms with van der Waals surface area (Å²) in [5.74, 6) is 0. The third-order valence-corrected chi connectivity index (χ3v) is 5.07. The van der Waals surface area contributed by atoms with Crippen molar-refractivity contribution in [3.8, 4) is 10.6 Å². The normalized spacial score (nSPS) is 22.4. The summed E-state index contributed by atoms with van der Waals surface area (Å²) in [6.07, 6.45) is 4.14. The maximum absolute atomic E-state index is 9.98. The maximum atomic E-state index is 9.98. The first-order valence-corrected chi connectivity index (χ1v) is 8.53. The molecule has 1 aliphatic rings. The molecule has 3 nitrogen and oxygen atoms in total. The fourth-order valence-corrected chi connectivity index (χ4v) is 3.63. The first-order valence-electron chi connectivity index (χ1n) is 7.65. The Hall–Kier alpha value is -1.23. The van der Waals surface area contributed by atoms with E-state index in [0.717, 1.165) is 36.5 Å². The van der Waals surface area contributed by atoms with Crippen molar-refractivity contribution in [2.24, 2.45) is 0 Å². The van der Waals surface area contributed by atoms with Gasteiger partial charge in [-0.25, -0.2) is 4.98 Å². The highest BCUT2D eigenvalue weighted by molar-refractivity contribution is 7.13. The molecular weight excluding hydrogens is 280 g/mol. The number of aromatic nitrogens is 1. The number of aliphatic hydroxyl groups excluding tert-OH is 1. The molecule has 2 aromatic rings. The first kappa shape index (κ1) is 14.7. The SMILES string of the molecule is Cc1ccc(-c2nc(CNC3CCCCC3O)cs2)cc1. The van der Waals surface area contributed by atoms with Gasteiger partial charge < -0.3 is 10.4 Å². The Bertz CT molecular complexity index is 579. The molecule has 2 unspecified atom stereocenters. The number of thiazole rings is 1. The van der Waals surface area contributed by atoms with Crippen molar-refractivity contribution >= 4 is 11.3 Å². The van der Waals surface area contributed by atoms with Crippen molar-refractivity contribution in [1.82, 2.24) is 10.3 Å².